The first kappa shape index (κ1) is 51.3. The summed E-state index contributed by atoms with van der Waals surface area (Å²) < 4.78 is 78.2. The quantitative estimate of drug-likeness (QED) is 0.127. The standard InChI is InChI=1S/C17H27N3O3.C10H11F6NO.C3H8.3C2H6/c1-3-5-6-7-8-11-15(16(22)18-4-2)20-12-9-10-14(17(20)23)19-13-21;11-6-1-2-17(3-6)7(18)8(10(14,15)16)4-9(12,13)5-8;1-3-2;3*1-2/h9-10,12-13,15H,3-8,11H2,1-2H3,(H,18,22)(H,19,21);6H,1-5H2;3H2,1-2H3;3*1-2H3. The number of halogens is 6. The highest BCUT2D eigenvalue weighted by molar-refractivity contribution is 5.85. The molecule has 2 unspecified atom stereocenters. The molecule has 3 amide bonds. The number of rotatable bonds is 12. The van der Waals surface area contributed by atoms with E-state index in [9.17, 15) is 45.5 Å². The van der Waals surface area contributed by atoms with E-state index in [1.807, 2.05) is 48.5 Å². The van der Waals surface area contributed by atoms with E-state index in [0.717, 1.165) is 19.3 Å². The van der Waals surface area contributed by atoms with Crippen LogP contribution in [0.4, 0.5) is 32.0 Å². The normalized spacial score (nSPS) is 17.0. The Morgan fingerprint density at radius 2 is 1.52 bits per heavy atom. The number of alkyl halides is 6. The maximum Gasteiger partial charge on any atom is 0.403 e. The van der Waals surface area contributed by atoms with Crippen LogP contribution in [0.5, 0.6) is 0 Å². The van der Waals surface area contributed by atoms with Crippen LogP contribution in [0, 0.1) is 5.41 Å². The summed E-state index contributed by atoms with van der Waals surface area (Å²) in [5.74, 6) is -5.05. The smallest absolute Gasteiger partial charge is 0.355 e. The van der Waals surface area contributed by atoms with Crippen molar-refractivity contribution in [3.05, 3.63) is 28.7 Å². The number of nitrogens with zero attached hydrogens (tertiary/aromatic N) is 2. The Morgan fingerprint density at radius 3 is 1.94 bits per heavy atom. The van der Waals surface area contributed by atoms with Gasteiger partial charge in [0.05, 0.1) is 6.54 Å². The fraction of sp³-hybridized carbons (Fsp3) is 0.778. The van der Waals surface area contributed by atoms with E-state index in [0.29, 0.717) is 24.3 Å². The Labute approximate surface area is 296 Å². The first-order valence-electron chi connectivity index (χ1n) is 18.2. The largest absolute Gasteiger partial charge is 0.403 e. The number of carbonyl (C=O) groups excluding carboxylic acids is 3. The summed E-state index contributed by atoms with van der Waals surface area (Å²) >= 11 is 0. The Hall–Kier alpha value is -3.06. The lowest BCUT2D eigenvalue weighted by molar-refractivity contribution is -0.299. The molecule has 1 aromatic rings. The van der Waals surface area contributed by atoms with Crippen molar-refractivity contribution in [2.24, 2.45) is 5.41 Å². The molecule has 0 bridgehead atoms. The third kappa shape index (κ3) is 16.8. The van der Waals surface area contributed by atoms with Crippen molar-refractivity contribution in [3.63, 3.8) is 0 Å². The van der Waals surface area contributed by atoms with Gasteiger partial charge >= 0.3 is 6.18 Å². The predicted octanol–water partition coefficient (Wildman–Crippen LogP) is 9.48. The molecule has 1 aromatic heterocycles. The van der Waals surface area contributed by atoms with E-state index in [-0.39, 0.29) is 30.1 Å². The van der Waals surface area contributed by atoms with Crippen LogP contribution in [0.3, 0.4) is 0 Å². The zero-order valence-corrected chi connectivity index (χ0v) is 32.0. The van der Waals surface area contributed by atoms with Gasteiger partial charge in [-0.1, -0.05) is 101 Å². The molecule has 1 saturated carbocycles. The molecule has 0 radical (unpaired) electrons. The molecule has 2 N–H and O–H groups in total. The lowest BCUT2D eigenvalue weighted by Gasteiger charge is -2.47. The number of hydrogen-bond acceptors (Lipinski definition) is 4. The highest BCUT2D eigenvalue weighted by atomic mass is 19.4. The minimum Gasteiger partial charge on any atom is -0.355 e. The van der Waals surface area contributed by atoms with Crippen molar-refractivity contribution in [1.29, 1.82) is 0 Å². The van der Waals surface area contributed by atoms with Crippen LogP contribution >= 0.6 is 0 Å². The van der Waals surface area contributed by atoms with Gasteiger partial charge in [0, 0.05) is 32.1 Å². The van der Waals surface area contributed by atoms with E-state index < -0.39 is 55.0 Å². The van der Waals surface area contributed by atoms with Crippen molar-refractivity contribution < 1.29 is 40.7 Å². The number of hydrogen-bond donors (Lipinski definition) is 2. The summed E-state index contributed by atoms with van der Waals surface area (Å²) in [6.45, 7) is 20.2. The summed E-state index contributed by atoms with van der Waals surface area (Å²) in [6, 6.07) is 2.65. The van der Waals surface area contributed by atoms with Gasteiger partial charge in [-0.3, -0.25) is 19.2 Å². The van der Waals surface area contributed by atoms with Crippen LogP contribution in [0.15, 0.2) is 23.1 Å². The first-order chi connectivity index (χ1) is 23.6. The highest BCUT2D eigenvalue weighted by Crippen LogP contribution is 2.61. The summed E-state index contributed by atoms with van der Waals surface area (Å²) in [6.07, 6.45) is -0.160. The number of unbranched alkanes of at least 4 members (excludes halogenated alkanes) is 4. The molecule has 0 aromatic carbocycles. The zero-order chi connectivity index (χ0) is 39.6. The predicted molar refractivity (Wildman–Crippen MR) is 190 cm³/mol. The molecule has 1 aliphatic carbocycles. The average molecular weight is 731 g/mol. The molecule has 3 rings (SSSR count). The summed E-state index contributed by atoms with van der Waals surface area (Å²) in [4.78, 5) is 47.7. The lowest BCUT2D eigenvalue weighted by Crippen LogP contribution is -2.62. The molecule has 2 aliphatic rings. The number of anilines is 1. The molecule has 50 heavy (non-hydrogen) atoms. The molecular formula is C36H64F6N4O4. The van der Waals surface area contributed by atoms with Crippen molar-refractivity contribution in [3.8, 4) is 0 Å². The van der Waals surface area contributed by atoms with E-state index in [4.69, 9.17) is 0 Å². The number of amides is 3. The van der Waals surface area contributed by atoms with Crippen LogP contribution < -0.4 is 16.2 Å². The molecule has 1 saturated heterocycles. The van der Waals surface area contributed by atoms with Crippen molar-refractivity contribution in [2.45, 2.75) is 158 Å². The molecule has 2 heterocycles. The second-order valence-corrected chi connectivity index (χ2v) is 11.1. The number of likely N-dealkylation sites (N-methyl/N-ethyl adjacent to an activating group) is 1. The summed E-state index contributed by atoms with van der Waals surface area (Å²) in [5.41, 5.74) is -3.20. The zero-order valence-electron chi connectivity index (χ0n) is 32.0. The van der Waals surface area contributed by atoms with E-state index >= 15 is 0 Å². The molecule has 8 nitrogen and oxygen atoms in total. The average Bonchev–Trinajstić information content (AvgIpc) is 3.51. The number of nitrogens with one attached hydrogen (secondary N) is 2. The first-order valence-corrected chi connectivity index (χ1v) is 18.2. The van der Waals surface area contributed by atoms with E-state index in [1.165, 1.54) is 29.9 Å². The van der Waals surface area contributed by atoms with Gasteiger partial charge in [-0.2, -0.15) is 13.2 Å². The third-order valence-electron chi connectivity index (χ3n) is 7.25. The second kappa shape index (κ2) is 27.6. The number of likely N-dealkylation sites (tertiary alicyclic amines) is 1. The van der Waals surface area contributed by atoms with E-state index in [1.54, 1.807) is 12.3 Å². The molecule has 2 fully saturated rings. The molecular weight excluding hydrogens is 666 g/mol. The number of pyridine rings is 1. The number of carbonyl (C=O) groups is 3. The van der Waals surface area contributed by atoms with Crippen LogP contribution in [0.25, 0.3) is 0 Å². The molecule has 294 valence electrons. The van der Waals surface area contributed by atoms with Gasteiger partial charge in [0.15, 0.2) is 5.41 Å². The maximum absolute atomic E-state index is 12.9. The van der Waals surface area contributed by atoms with Gasteiger partial charge in [0.1, 0.15) is 17.9 Å². The summed E-state index contributed by atoms with van der Waals surface area (Å²) in [5, 5.41) is 5.17. The van der Waals surface area contributed by atoms with Crippen LogP contribution in [-0.4, -0.2) is 65.6 Å². The molecule has 14 heteroatoms. The molecule has 0 spiro atoms. The highest BCUT2D eigenvalue weighted by Gasteiger charge is 2.74. The van der Waals surface area contributed by atoms with Crippen molar-refractivity contribution >= 4 is 23.9 Å². The third-order valence-corrected chi connectivity index (χ3v) is 7.25. The minimum atomic E-state index is -5.03. The van der Waals surface area contributed by atoms with Crippen LogP contribution in [0.2, 0.25) is 0 Å². The van der Waals surface area contributed by atoms with Gasteiger partial charge < -0.3 is 20.1 Å². The fourth-order valence-corrected chi connectivity index (χ4v) is 5.07. The summed E-state index contributed by atoms with van der Waals surface area (Å²) in [7, 11) is 0. The van der Waals surface area contributed by atoms with Gasteiger partial charge in [0.2, 0.25) is 18.2 Å². The Balaban J connectivity index is -0.000000729. The minimum absolute atomic E-state index is 0.0456. The van der Waals surface area contributed by atoms with Crippen LogP contribution in [0.1, 0.15) is 139 Å². The lowest BCUT2D eigenvalue weighted by atomic mass is 9.64. The second-order valence-electron chi connectivity index (χ2n) is 11.1. The fourth-order valence-electron chi connectivity index (χ4n) is 5.07. The maximum atomic E-state index is 12.9. The van der Waals surface area contributed by atoms with Crippen molar-refractivity contribution in [2.75, 3.05) is 25.0 Å². The molecule has 1 aliphatic heterocycles. The Morgan fingerprint density at radius 1 is 0.980 bits per heavy atom. The van der Waals surface area contributed by atoms with Gasteiger partial charge in [-0.25, -0.2) is 13.2 Å². The van der Waals surface area contributed by atoms with Gasteiger partial charge in [0.25, 0.3) is 11.5 Å². The van der Waals surface area contributed by atoms with Gasteiger partial charge in [-0.15, -0.1) is 0 Å². The number of aromatic nitrogens is 1. The van der Waals surface area contributed by atoms with Crippen molar-refractivity contribution in [1.82, 2.24) is 14.8 Å². The Bertz CT molecular complexity index is 1110. The monoisotopic (exact) mass is 730 g/mol. The van der Waals surface area contributed by atoms with Gasteiger partial charge in [-0.05, 0) is 31.9 Å². The van der Waals surface area contributed by atoms with E-state index in [2.05, 4.69) is 31.4 Å². The van der Waals surface area contributed by atoms with Crippen LogP contribution in [-0.2, 0) is 14.4 Å². The SMILES string of the molecule is CC.CC.CC.CCC.CCCCCCCC(C(=O)NCC)n1cccc(NC=O)c1=O.O=C(N1CCC(F)C1)C1(C(F)(F)F)CC(F)(F)C1. The topological polar surface area (TPSA) is 101 Å². The Kier molecular flexibility index (Phi) is 28.4. The molecule has 2 atom stereocenters.